The lowest BCUT2D eigenvalue weighted by molar-refractivity contribution is 0.286. The highest BCUT2D eigenvalue weighted by molar-refractivity contribution is 7.17. The van der Waals surface area contributed by atoms with E-state index in [9.17, 15) is 5.11 Å². The van der Waals surface area contributed by atoms with Crippen molar-refractivity contribution in [1.82, 2.24) is 0 Å². The fourth-order valence-corrected chi connectivity index (χ4v) is 3.10. The summed E-state index contributed by atoms with van der Waals surface area (Å²) >= 11 is 1.60. The number of rotatable bonds is 4. The van der Waals surface area contributed by atoms with Gasteiger partial charge in [-0.1, -0.05) is 18.2 Å². The van der Waals surface area contributed by atoms with Crippen molar-refractivity contribution in [2.75, 3.05) is 7.11 Å². The van der Waals surface area contributed by atoms with Crippen molar-refractivity contribution in [3.8, 4) is 17.2 Å². The molecule has 0 bridgehead atoms. The van der Waals surface area contributed by atoms with Crippen LogP contribution in [0.1, 0.15) is 5.56 Å². The van der Waals surface area contributed by atoms with Gasteiger partial charge in [-0.2, -0.15) is 0 Å². The second kappa shape index (κ2) is 5.43. The standard InChI is InChI=1S/C16H14O3S/c1-18-13-6-2-3-7-14(13)19-9-11-10-20-15-8-4-5-12(17)16(11)15/h2-8,10,17H,9H2,1H3. The second-order valence-corrected chi connectivity index (χ2v) is 5.26. The maximum Gasteiger partial charge on any atom is 0.161 e. The molecule has 0 atom stereocenters. The molecule has 3 rings (SSSR count). The molecule has 2 aromatic carbocycles. The number of aromatic hydroxyl groups is 1. The minimum atomic E-state index is 0.294. The molecule has 3 aromatic rings. The topological polar surface area (TPSA) is 38.7 Å². The first-order valence-corrected chi connectivity index (χ1v) is 7.11. The largest absolute Gasteiger partial charge is 0.507 e. The molecule has 0 aliphatic carbocycles. The molecular formula is C16H14O3S. The average Bonchev–Trinajstić information content (AvgIpc) is 2.90. The molecular weight excluding hydrogens is 272 g/mol. The zero-order valence-electron chi connectivity index (χ0n) is 11.0. The Morgan fingerprint density at radius 1 is 1.05 bits per heavy atom. The quantitative estimate of drug-likeness (QED) is 0.781. The Morgan fingerprint density at radius 2 is 1.85 bits per heavy atom. The first kappa shape index (κ1) is 12.8. The minimum Gasteiger partial charge on any atom is -0.507 e. The molecule has 0 saturated heterocycles. The number of ether oxygens (including phenoxy) is 2. The molecule has 1 aromatic heterocycles. The van der Waals surface area contributed by atoms with E-state index in [4.69, 9.17) is 9.47 Å². The molecule has 0 unspecified atom stereocenters. The fourth-order valence-electron chi connectivity index (χ4n) is 2.13. The number of thiophene rings is 1. The summed E-state index contributed by atoms with van der Waals surface area (Å²) < 4.78 is 12.1. The van der Waals surface area contributed by atoms with Gasteiger partial charge in [0, 0.05) is 15.6 Å². The molecule has 1 heterocycles. The first-order valence-electron chi connectivity index (χ1n) is 6.23. The van der Waals surface area contributed by atoms with E-state index in [0.717, 1.165) is 15.6 Å². The number of phenolic OH excluding ortho intramolecular Hbond substituents is 1. The summed E-state index contributed by atoms with van der Waals surface area (Å²) in [5, 5.41) is 12.8. The van der Waals surface area contributed by atoms with Gasteiger partial charge in [0.15, 0.2) is 11.5 Å². The Morgan fingerprint density at radius 3 is 2.65 bits per heavy atom. The predicted octanol–water partition coefficient (Wildman–Crippen LogP) is 4.19. The number of hydrogen-bond acceptors (Lipinski definition) is 4. The Bertz CT molecular complexity index is 733. The van der Waals surface area contributed by atoms with Crippen LogP contribution in [0.15, 0.2) is 47.8 Å². The maximum atomic E-state index is 9.97. The van der Waals surface area contributed by atoms with Crippen molar-refractivity contribution in [3.63, 3.8) is 0 Å². The molecule has 0 spiro atoms. The predicted molar refractivity (Wildman–Crippen MR) is 80.8 cm³/mol. The van der Waals surface area contributed by atoms with Gasteiger partial charge >= 0.3 is 0 Å². The molecule has 0 radical (unpaired) electrons. The highest BCUT2D eigenvalue weighted by atomic mass is 32.1. The lowest BCUT2D eigenvalue weighted by atomic mass is 10.1. The van der Waals surface area contributed by atoms with Gasteiger partial charge < -0.3 is 14.6 Å². The second-order valence-electron chi connectivity index (χ2n) is 4.35. The normalized spacial score (nSPS) is 10.7. The summed E-state index contributed by atoms with van der Waals surface area (Å²) in [5.74, 6) is 1.70. The van der Waals surface area contributed by atoms with E-state index < -0.39 is 0 Å². The van der Waals surface area contributed by atoms with Crippen LogP contribution in [0.25, 0.3) is 10.1 Å². The van der Waals surface area contributed by atoms with Gasteiger partial charge in [0.2, 0.25) is 0 Å². The van der Waals surface area contributed by atoms with Crippen LogP contribution >= 0.6 is 11.3 Å². The molecule has 102 valence electrons. The third-order valence-electron chi connectivity index (χ3n) is 3.11. The Balaban J connectivity index is 1.87. The van der Waals surface area contributed by atoms with Crippen LogP contribution in [0.4, 0.5) is 0 Å². The van der Waals surface area contributed by atoms with Crippen molar-refractivity contribution in [3.05, 3.63) is 53.4 Å². The van der Waals surface area contributed by atoms with E-state index in [1.54, 1.807) is 24.5 Å². The minimum absolute atomic E-state index is 0.294. The fraction of sp³-hybridized carbons (Fsp3) is 0.125. The van der Waals surface area contributed by atoms with Gasteiger partial charge in [0.05, 0.1) is 7.11 Å². The monoisotopic (exact) mass is 286 g/mol. The van der Waals surface area contributed by atoms with E-state index in [-0.39, 0.29) is 0 Å². The van der Waals surface area contributed by atoms with Gasteiger partial charge in [-0.15, -0.1) is 11.3 Å². The molecule has 0 aliphatic heterocycles. The molecule has 0 fully saturated rings. The van der Waals surface area contributed by atoms with Crippen LogP contribution in [0, 0.1) is 0 Å². The molecule has 1 N–H and O–H groups in total. The molecule has 0 saturated carbocycles. The summed E-state index contributed by atoms with van der Waals surface area (Å²) in [4.78, 5) is 0. The van der Waals surface area contributed by atoms with Gasteiger partial charge in [-0.05, 0) is 29.6 Å². The van der Waals surface area contributed by atoms with Crippen LogP contribution in [0.3, 0.4) is 0 Å². The van der Waals surface area contributed by atoms with Crippen molar-refractivity contribution in [2.45, 2.75) is 6.61 Å². The van der Waals surface area contributed by atoms with Gasteiger partial charge in [0.25, 0.3) is 0 Å². The third-order valence-corrected chi connectivity index (χ3v) is 4.10. The summed E-state index contributed by atoms with van der Waals surface area (Å²) in [5.41, 5.74) is 0.981. The van der Waals surface area contributed by atoms with Crippen molar-refractivity contribution >= 4 is 21.4 Å². The van der Waals surface area contributed by atoms with Crippen LogP contribution in [0.2, 0.25) is 0 Å². The summed E-state index contributed by atoms with van der Waals surface area (Å²) in [6.45, 7) is 0.401. The molecule has 20 heavy (non-hydrogen) atoms. The van der Waals surface area contributed by atoms with E-state index >= 15 is 0 Å². The van der Waals surface area contributed by atoms with Crippen LogP contribution in [-0.2, 0) is 6.61 Å². The van der Waals surface area contributed by atoms with Crippen molar-refractivity contribution < 1.29 is 14.6 Å². The molecule has 3 nitrogen and oxygen atoms in total. The first-order chi connectivity index (χ1) is 9.79. The Kier molecular flexibility index (Phi) is 3.48. The van der Waals surface area contributed by atoms with E-state index in [1.807, 2.05) is 41.8 Å². The summed E-state index contributed by atoms with van der Waals surface area (Å²) in [7, 11) is 1.62. The van der Waals surface area contributed by atoms with Crippen molar-refractivity contribution in [1.29, 1.82) is 0 Å². The third kappa shape index (κ3) is 2.30. The number of methoxy groups -OCH3 is 1. The lowest BCUT2D eigenvalue weighted by Crippen LogP contribution is -1.96. The van der Waals surface area contributed by atoms with E-state index in [1.165, 1.54) is 0 Å². The number of phenols is 1. The van der Waals surface area contributed by atoms with Crippen LogP contribution < -0.4 is 9.47 Å². The van der Waals surface area contributed by atoms with Gasteiger partial charge in [-0.25, -0.2) is 0 Å². The highest BCUT2D eigenvalue weighted by Crippen LogP contribution is 2.34. The highest BCUT2D eigenvalue weighted by Gasteiger charge is 2.10. The van der Waals surface area contributed by atoms with Gasteiger partial charge in [0.1, 0.15) is 12.4 Å². The number of fused-ring (bicyclic) bond motifs is 1. The van der Waals surface area contributed by atoms with E-state index in [0.29, 0.717) is 23.9 Å². The van der Waals surface area contributed by atoms with Crippen LogP contribution in [0.5, 0.6) is 17.2 Å². The summed E-state index contributed by atoms with van der Waals surface area (Å²) in [6.07, 6.45) is 0. The van der Waals surface area contributed by atoms with Crippen molar-refractivity contribution in [2.24, 2.45) is 0 Å². The number of hydrogen-bond donors (Lipinski definition) is 1. The maximum absolute atomic E-state index is 9.97. The average molecular weight is 286 g/mol. The molecule has 4 heteroatoms. The lowest BCUT2D eigenvalue weighted by Gasteiger charge is -2.10. The zero-order valence-corrected chi connectivity index (χ0v) is 11.8. The SMILES string of the molecule is COc1ccccc1OCc1csc2cccc(O)c12. The smallest absolute Gasteiger partial charge is 0.161 e. The Hall–Kier alpha value is -2.20. The summed E-state index contributed by atoms with van der Waals surface area (Å²) in [6, 6.07) is 13.1. The number of para-hydroxylation sites is 2. The van der Waals surface area contributed by atoms with Gasteiger partial charge in [-0.3, -0.25) is 0 Å². The zero-order chi connectivity index (χ0) is 13.9. The molecule has 0 amide bonds. The van der Waals surface area contributed by atoms with E-state index in [2.05, 4.69) is 0 Å². The molecule has 0 aliphatic rings. The Labute approximate surface area is 121 Å². The number of benzene rings is 2. The van der Waals surface area contributed by atoms with Crippen LogP contribution in [-0.4, -0.2) is 12.2 Å².